The lowest BCUT2D eigenvalue weighted by Gasteiger charge is -2.03. The van der Waals surface area contributed by atoms with Crippen LogP contribution in [0, 0.1) is 10.1 Å². The van der Waals surface area contributed by atoms with Gasteiger partial charge < -0.3 is 0 Å². The lowest BCUT2D eigenvalue weighted by molar-refractivity contribution is -0.385. The fraction of sp³-hybridized carbons (Fsp3) is 0. The van der Waals surface area contributed by atoms with Crippen molar-refractivity contribution >= 4 is 43.2 Å². The monoisotopic (exact) mass is 314 g/mol. The average Bonchev–Trinajstić information content (AvgIpc) is 2.06. The Morgan fingerprint density at radius 3 is 2.40 bits per heavy atom. The molecule has 0 unspecified atom stereocenters. The Balaban J connectivity index is 3.63. The van der Waals surface area contributed by atoms with Crippen molar-refractivity contribution < 1.29 is 13.3 Å². The second-order valence-corrected chi connectivity index (χ2v) is 5.36. The second kappa shape index (κ2) is 4.05. The van der Waals surface area contributed by atoms with Gasteiger partial charge in [0.15, 0.2) is 0 Å². The highest BCUT2D eigenvalue weighted by molar-refractivity contribution is 9.10. The predicted molar refractivity (Wildman–Crippen MR) is 57.2 cm³/mol. The molecule has 6 nitrogen and oxygen atoms in total. The van der Waals surface area contributed by atoms with E-state index in [0.29, 0.717) is 0 Å². The summed E-state index contributed by atoms with van der Waals surface area (Å²) in [6, 6.07) is 2.20. The van der Waals surface area contributed by atoms with Crippen molar-refractivity contribution in [1.29, 1.82) is 0 Å². The quantitative estimate of drug-likeness (QED) is 0.662. The van der Waals surface area contributed by atoms with E-state index in [1.807, 2.05) is 0 Å². The molecule has 0 saturated carbocycles. The third-order valence-electron chi connectivity index (χ3n) is 1.49. The molecule has 15 heavy (non-hydrogen) atoms. The Morgan fingerprint density at radius 1 is 1.47 bits per heavy atom. The van der Waals surface area contributed by atoms with Crippen LogP contribution >= 0.6 is 27.5 Å². The number of nitrogens with zero attached hydrogens (tertiary/aromatic N) is 1. The van der Waals surface area contributed by atoms with E-state index >= 15 is 0 Å². The molecule has 0 aliphatic rings. The molecule has 0 heterocycles. The number of nitrogens with two attached hydrogens (primary N) is 1. The average molecular weight is 316 g/mol. The number of hydrogen-bond acceptors (Lipinski definition) is 4. The maximum Gasteiger partial charge on any atom is 0.290 e. The number of sulfonamides is 1. The van der Waals surface area contributed by atoms with Gasteiger partial charge >= 0.3 is 0 Å². The van der Waals surface area contributed by atoms with Gasteiger partial charge in [-0.3, -0.25) is 10.1 Å². The fourth-order valence-corrected chi connectivity index (χ4v) is 2.63. The van der Waals surface area contributed by atoms with Crippen LogP contribution in [0.1, 0.15) is 0 Å². The van der Waals surface area contributed by atoms with E-state index in [2.05, 4.69) is 15.9 Å². The molecule has 0 bridgehead atoms. The maximum absolute atomic E-state index is 11.0. The molecule has 82 valence electrons. The summed E-state index contributed by atoms with van der Waals surface area (Å²) in [7, 11) is -4.08. The van der Waals surface area contributed by atoms with Gasteiger partial charge in [-0.15, -0.1) is 0 Å². The minimum atomic E-state index is -4.08. The van der Waals surface area contributed by atoms with Crippen LogP contribution in [0.25, 0.3) is 0 Å². The Bertz CT molecular complexity index is 530. The van der Waals surface area contributed by atoms with Gasteiger partial charge in [0, 0.05) is 10.5 Å². The maximum atomic E-state index is 11.0. The van der Waals surface area contributed by atoms with Gasteiger partial charge in [0.2, 0.25) is 10.0 Å². The molecule has 0 saturated heterocycles. The van der Waals surface area contributed by atoms with Crippen LogP contribution in [0.4, 0.5) is 5.69 Å². The van der Waals surface area contributed by atoms with Crippen LogP contribution < -0.4 is 5.14 Å². The zero-order chi connectivity index (χ0) is 11.8. The molecule has 0 radical (unpaired) electrons. The number of halogens is 2. The van der Waals surface area contributed by atoms with E-state index in [4.69, 9.17) is 16.7 Å². The third-order valence-corrected chi connectivity index (χ3v) is 3.39. The van der Waals surface area contributed by atoms with Crippen LogP contribution in [-0.4, -0.2) is 13.3 Å². The van der Waals surface area contributed by atoms with Crippen molar-refractivity contribution in [2.45, 2.75) is 4.90 Å². The van der Waals surface area contributed by atoms with Crippen LogP contribution in [0.3, 0.4) is 0 Å². The first-order chi connectivity index (χ1) is 6.73. The minimum absolute atomic E-state index is 0.211. The molecule has 0 aromatic heterocycles. The molecule has 0 aliphatic heterocycles. The summed E-state index contributed by atoms with van der Waals surface area (Å²) in [6.07, 6.45) is 0. The first-order valence-electron chi connectivity index (χ1n) is 3.39. The van der Waals surface area contributed by atoms with Crippen molar-refractivity contribution in [3.05, 3.63) is 31.7 Å². The van der Waals surface area contributed by atoms with E-state index in [9.17, 15) is 18.5 Å². The van der Waals surface area contributed by atoms with Crippen LogP contribution in [0.15, 0.2) is 21.5 Å². The van der Waals surface area contributed by atoms with Gasteiger partial charge in [-0.1, -0.05) is 27.5 Å². The molecule has 0 aliphatic carbocycles. The summed E-state index contributed by atoms with van der Waals surface area (Å²) >= 11 is 8.46. The van der Waals surface area contributed by atoms with Crippen LogP contribution in [0.2, 0.25) is 5.02 Å². The number of nitro groups is 1. The zero-order valence-electron chi connectivity index (χ0n) is 6.98. The molecule has 0 fully saturated rings. The van der Waals surface area contributed by atoms with Gasteiger partial charge in [-0.25, -0.2) is 13.6 Å². The topological polar surface area (TPSA) is 103 Å². The summed E-state index contributed by atoms with van der Waals surface area (Å²) in [5, 5.41) is 14.9. The largest absolute Gasteiger partial charge is 0.290 e. The van der Waals surface area contributed by atoms with E-state index in [1.165, 1.54) is 0 Å². The highest BCUT2D eigenvalue weighted by Crippen LogP contribution is 2.33. The van der Waals surface area contributed by atoms with Crippen LogP contribution in [-0.2, 0) is 10.0 Å². The Morgan fingerprint density at radius 2 is 2.00 bits per heavy atom. The Labute approximate surface area is 98.4 Å². The van der Waals surface area contributed by atoms with Crippen molar-refractivity contribution in [2.75, 3.05) is 0 Å². The lowest BCUT2D eigenvalue weighted by atomic mass is 10.3. The highest BCUT2D eigenvalue weighted by atomic mass is 79.9. The molecule has 0 atom stereocenters. The van der Waals surface area contributed by atoms with E-state index in [-0.39, 0.29) is 4.47 Å². The minimum Gasteiger partial charge on any atom is -0.258 e. The molecule has 1 aromatic carbocycles. The van der Waals surface area contributed by atoms with E-state index in [1.54, 1.807) is 0 Å². The number of benzene rings is 1. The SMILES string of the molecule is NS(=O)(=O)c1cc(Br)cc([N+](=O)[O-])c1Cl. The summed E-state index contributed by atoms with van der Waals surface area (Å²) in [4.78, 5) is 9.25. The second-order valence-electron chi connectivity index (χ2n) is 2.54. The molecule has 2 N–H and O–H groups in total. The van der Waals surface area contributed by atoms with Crippen molar-refractivity contribution in [3.63, 3.8) is 0 Å². The predicted octanol–water partition coefficient (Wildman–Crippen LogP) is 1.66. The molecule has 0 amide bonds. The van der Waals surface area contributed by atoms with Gasteiger partial charge in [0.05, 0.1) is 4.92 Å². The molecular formula is C6H4BrClN2O4S. The number of rotatable bonds is 2. The van der Waals surface area contributed by atoms with Gasteiger partial charge in [-0.2, -0.15) is 0 Å². The molecule has 9 heteroatoms. The summed E-state index contributed by atoms with van der Waals surface area (Å²) in [5.74, 6) is 0. The third kappa shape index (κ3) is 2.65. The van der Waals surface area contributed by atoms with Crippen molar-refractivity contribution in [2.24, 2.45) is 5.14 Å². The summed E-state index contributed by atoms with van der Waals surface area (Å²) < 4.78 is 22.3. The van der Waals surface area contributed by atoms with E-state index < -0.39 is 30.6 Å². The number of nitro benzene ring substituents is 1. The summed E-state index contributed by atoms with van der Waals surface area (Å²) in [5.41, 5.74) is -0.518. The highest BCUT2D eigenvalue weighted by Gasteiger charge is 2.23. The first-order valence-corrected chi connectivity index (χ1v) is 6.11. The van der Waals surface area contributed by atoms with Crippen molar-refractivity contribution in [3.8, 4) is 0 Å². The normalized spacial score (nSPS) is 11.4. The van der Waals surface area contributed by atoms with Gasteiger partial charge in [0.1, 0.15) is 9.92 Å². The summed E-state index contributed by atoms with van der Waals surface area (Å²) in [6.45, 7) is 0. The lowest BCUT2D eigenvalue weighted by Crippen LogP contribution is -2.13. The van der Waals surface area contributed by atoms with Gasteiger partial charge in [-0.05, 0) is 6.07 Å². The molecule has 0 spiro atoms. The fourth-order valence-electron chi connectivity index (χ4n) is 0.890. The Kier molecular flexibility index (Phi) is 3.34. The first kappa shape index (κ1) is 12.4. The smallest absolute Gasteiger partial charge is 0.258 e. The zero-order valence-corrected chi connectivity index (χ0v) is 10.1. The number of hydrogen-bond donors (Lipinski definition) is 1. The van der Waals surface area contributed by atoms with Crippen LogP contribution in [0.5, 0.6) is 0 Å². The van der Waals surface area contributed by atoms with E-state index in [0.717, 1.165) is 12.1 Å². The standard InChI is InChI=1S/C6H4BrClN2O4S/c7-3-1-4(10(11)12)6(8)5(2-3)15(9,13)14/h1-2H,(H2,9,13,14). The molecule has 1 rings (SSSR count). The molecular weight excluding hydrogens is 312 g/mol. The van der Waals surface area contributed by atoms with Gasteiger partial charge in [0.25, 0.3) is 5.69 Å². The molecule has 1 aromatic rings. The number of primary sulfonamides is 1. The van der Waals surface area contributed by atoms with Crippen molar-refractivity contribution in [1.82, 2.24) is 0 Å². The Hall–Kier alpha value is -0.700.